The van der Waals surface area contributed by atoms with Gasteiger partial charge in [-0.2, -0.15) is 0 Å². The fraction of sp³-hybridized carbons (Fsp3) is 0.536. The van der Waals surface area contributed by atoms with Gasteiger partial charge in [-0.05, 0) is 62.1 Å². The van der Waals surface area contributed by atoms with Crippen LogP contribution >= 0.6 is 0 Å². The third-order valence-corrected chi connectivity index (χ3v) is 6.56. The maximum Gasteiger partial charge on any atom is 0.342 e. The predicted molar refractivity (Wildman–Crippen MR) is 138 cm³/mol. The topological polar surface area (TPSA) is 109 Å². The van der Waals surface area contributed by atoms with Gasteiger partial charge in [0.15, 0.2) is 6.61 Å². The normalized spacial score (nSPS) is 24.4. The number of phenols is 2. The number of rotatable bonds is 4. The Labute approximate surface area is 213 Å². The quantitative estimate of drug-likeness (QED) is 0.355. The lowest BCUT2D eigenvalue weighted by molar-refractivity contribution is -0.137. The molecule has 1 fully saturated rings. The van der Waals surface area contributed by atoms with Crippen molar-refractivity contribution in [2.24, 2.45) is 11.1 Å². The van der Waals surface area contributed by atoms with Gasteiger partial charge in [-0.1, -0.05) is 37.2 Å². The zero-order valence-electron chi connectivity index (χ0n) is 21.5. The van der Waals surface area contributed by atoms with Crippen LogP contribution in [-0.4, -0.2) is 58.5 Å². The van der Waals surface area contributed by atoms with Crippen LogP contribution in [0.15, 0.2) is 35.5 Å². The summed E-state index contributed by atoms with van der Waals surface area (Å²) in [6, 6.07) is 1.18. The fourth-order valence-corrected chi connectivity index (χ4v) is 4.56. The number of hydrogen-bond acceptors (Lipinski definition) is 7. The lowest BCUT2D eigenvalue weighted by atomic mass is 9.92. The van der Waals surface area contributed by atoms with Crippen molar-refractivity contribution >= 4 is 17.6 Å². The maximum atomic E-state index is 13.1. The summed E-state index contributed by atoms with van der Waals surface area (Å²) in [5.74, 6) is -0.950. The highest BCUT2D eigenvalue weighted by atomic mass is 16.6. The summed E-state index contributed by atoms with van der Waals surface area (Å²) in [5, 5.41) is 25.4. The third-order valence-electron chi connectivity index (χ3n) is 6.56. The molecule has 1 aromatic carbocycles. The number of esters is 1. The van der Waals surface area contributed by atoms with E-state index in [0.717, 1.165) is 38.8 Å². The molecular formula is C28H38N2O6. The van der Waals surface area contributed by atoms with Gasteiger partial charge in [-0.15, -0.1) is 0 Å². The Kier molecular flexibility index (Phi) is 9.96. The first kappa shape index (κ1) is 27.3. The molecule has 2 aliphatic rings. The molecule has 0 radical (unpaired) electrons. The monoisotopic (exact) mass is 498 g/mol. The first-order chi connectivity index (χ1) is 17.3. The van der Waals surface area contributed by atoms with Crippen LogP contribution < -0.4 is 0 Å². The van der Waals surface area contributed by atoms with Gasteiger partial charge in [0.2, 0.25) is 0 Å². The SMILES string of the molecule is CCc1c(O)cc(O)c2c1CC(=NOCC(=O)N1CCCCC1)/C=C/C[C@@H](C)/C=C/C[C@@H](C)OC2=O. The number of allylic oxidation sites excluding steroid dienone is 3. The summed E-state index contributed by atoms with van der Waals surface area (Å²) in [4.78, 5) is 32.9. The molecule has 0 saturated carbocycles. The van der Waals surface area contributed by atoms with Gasteiger partial charge in [0.05, 0.1) is 5.71 Å². The van der Waals surface area contributed by atoms with Crippen molar-refractivity contribution in [2.45, 2.75) is 71.8 Å². The molecule has 1 saturated heterocycles. The van der Waals surface area contributed by atoms with Gasteiger partial charge < -0.3 is 24.7 Å². The second-order valence-electron chi connectivity index (χ2n) is 9.57. The van der Waals surface area contributed by atoms with E-state index in [4.69, 9.17) is 9.57 Å². The average Bonchev–Trinajstić information content (AvgIpc) is 2.83. The van der Waals surface area contributed by atoms with Crippen LogP contribution in [0.2, 0.25) is 0 Å². The highest BCUT2D eigenvalue weighted by Gasteiger charge is 2.26. The zero-order chi connectivity index (χ0) is 26.1. The van der Waals surface area contributed by atoms with Crippen molar-refractivity contribution < 1.29 is 29.4 Å². The molecule has 2 aliphatic heterocycles. The Hall–Kier alpha value is -3.29. The first-order valence-corrected chi connectivity index (χ1v) is 12.9. The van der Waals surface area contributed by atoms with Crippen molar-refractivity contribution in [3.05, 3.63) is 47.1 Å². The van der Waals surface area contributed by atoms with Crippen LogP contribution in [-0.2, 0) is 27.2 Å². The van der Waals surface area contributed by atoms with E-state index in [9.17, 15) is 19.8 Å². The highest BCUT2D eigenvalue weighted by molar-refractivity contribution is 6.01. The summed E-state index contributed by atoms with van der Waals surface area (Å²) in [7, 11) is 0. The Bertz CT molecular complexity index is 1020. The zero-order valence-corrected chi connectivity index (χ0v) is 21.5. The van der Waals surface area contributed by atoms with E-state index in [1.165, 1.54) is 6.07 Å². The van der Waals surface area contributed by atoms with Crippen LogP contribution in [0.3, 0.4) is 0 Å². The largest absolute Gasteiger partial charge is 0.508 e. The van der Waals surface area contributed by atoms with E-state index in [0.29, 0.717) is 29.7 Å². The minimum Gasteiger partial charge on any atom is -0.508 e. The van der Waals surface area contributed by atoms with E-state index in [1.54, 1.807) is 17.9 Å². The molecule has 2 atom stereocenters. The standard InChI is InChI=1S/C28H38N2O6/c1-4-22-23-16-21(29-35-18-26(33)30-14-6-5-7-15-30)13-9-11-19(2)10-8-12-20(3)36-28(34)27(23)25(32)17-24(22)31/h8-10,13,17,19-20,31-32H,4-7,11-12,14-16,18H2,1-3H3/b10-8+,13-9+,29-21?/t19-,20+/m0/s1. The van der Waals surface area contributed by atoms with Crippen LogP contribution in [0.1, 0.15) is 74.4 Å². The van der Waals surface area contributed by atoms with E-state index in [1.807, 2.05) is 19.1 Å². The molecule has 0 bridgehead atoms. The highest BCUT2D eigenvalue weighted by Crippen LogP contribution is 2.34. The van der Waals surface area contributed by atoms with E-state index in [-0.39, 0.29) is 48.0 Å². The summed E-state index contributed by atoms with van der Waals surface area (Å²) in [5.41, 5.74) is 1.44. The second-order valence-corrected chi connectivity index (χ2v) is 9.57. The molecule has 8 nitrogen and oxygen atoms in total. The lowest BCUT2D eigenvalue weighted by Crippen LogP contribution is -2.37. The molecule has 2 heterocycles. The number of cyclic esters (lactones) is 1. The van der Waals surface area contributed by atoms with Gasteiger partial charge >= 0.3 is 5.97 Å². The number of aromatic hydroxyl groups is 2. The molecule has 196 valence electrons. The number of fused-ring (bicyclic) bond motifs is 1. The van der Waals surface area contributed by atoms with Crippen LogP contribution in [0.25, 0.3) is 0 Å². The van der Waals surface area contributed by atoms with Crippen LogP contribution in [0.4, 0.5) is 0 Å². The number of carbonyl (C=O) groups is 2. The number of piperidine rings is 1. The van der Waals surface area contributed by atoms with Crippen LogP contribution in [0.5, 0.6) is 11.5 Å². The predicted octanol–water partition coefficient (Wildman–Crippen LogP) is 4.68. The number of likely N-dealkylation sites (tertiary alicyclic amines) is 1. The molecule has 36 heavy (non-hydrogen) atoms. The molecule has 0 unspecified atom stereocenters. The minimum absolute atomic E-state index is 0.0106. The Balaban J connectivity index is 1.95. The number of nitrogens with zero attached hydrogens (tertiary/aromatic N) is 2. The number of amides is 1. The number of phenolic OH excluding ortho intramolecular Hbond substituents is 2. The molecule has 0 aromatic heterocycles. The smallest absolute Gasteiger partial charge is 0.342 e. The van der Waals surface area contributed by atoms with Crippen molar-refractivity contribution in [1.29, 1.82) is 0 Å². The number of carbonyl (C=O) groups excluding carboxylic acids is 2. The molecule has 2 N–H and O–H groups in total. The molecular weight excluding hydrogens is 460 g/mol. The number of benzene rings is 1. The summed E-state index contributed by atoms with van der Waals surface area (Å²) in [6.45, 7) is 7.05. The number of hydrogen-bond donors (Lipinski definition) is 2. The molecule has 3 rings (SSSR count). The molecule has 1 aromatic rings. The summed E-state index contributed by atoms with van der Waals surface area (Å²) in [6.07, 6.45) is 12.4. The fourth-order valence-electron chi connectivity index (χ4n) is 4.56. The Morgan fingerprint density at radius 3 is 2.61 bits per heavy atom. The van der Waals surface area contributed by atoms with E-state index < -0.39 is 5.97 Å². The second kappa shape index (κ2) is 13.1. The first-order valence-electron chi connectivity index (χ1n) is 12.9. The van der Waals surface area contributed by atoms with Crippen molar-refractivity contribution in [1.82, 2.24) is 4.90 Å². The van der Waals surface area contributed by atoms with E-state index >= 15 is 0 Å². The summed E-state index contributed by atoms with van der Waals surface area (Å²) < 4.78 is 5.62. The van der Waals surface area contributed by atoms with Gasteiger partial charge in [0, 0.05) is 32.0 Å². The third kappa shape index (κ3) is 7.35. The Morgan fingerprint density at radius 1 is 1.14 bits per heavy atom. The van der Waals surface area contributed by atoms with Crippen molar-refractivity contribution in [2.75, 3.05) is 19.7 Å². The number of oxime groups is 1. The summed E-state index contributed by atoms with van der Waals surface area (Å²) >= 11 is 0. The van der Waals surface area contributed by atoms with Crippen molar-refractivity contribution in [3.8, 4) is 11.5 Å². The van der Waals surface area contributed by atoms with Gasteiger partial charge in [-0.25, -0.2) is 4.79 Å². The van der Waals surface area contributed by atoms with Gasteiger partial charge in [0.1, 0.15) is 23.2 Å². The molecule has 0 aliphatic carbocycles. The van der Waals surface area contributed by atoms with Crippen molar-refractivity contribution in [3.63, 3.8) is 0 Å². The van der Waals surface area contributed by atoms with Gasteiger partial charge in [0.25, 0.3) is 5.91 Å². The molecule has 8 heteroatoms. The molecule has 1 amide bonds. The molecule has 0 spiro atoms. The average molecular weight is 499 g/mol. The van der Waals surface area contributed by atoms with E-state index in [2.05, 4.69) is 18.2 Å². The minimum atomic E-state index is -0.660. The van der Waals surface area contributed by atoms with Crippen LogP contribution in [0, 0.1) is 5.92 Å². The van der Waals surface area contributed by atoms with Gasteiger partial charge in [-0.3, -0.25) is 4.79 Å². The Morgan fingerprint density at radius 2 is 1.89 bits per heavy atom. The number of ether oxygens (including phenoxy) is 1. The lowest BCUT2D eigenvalue weighted by Gasteiger charge is -2.26. The maximum absolute atomic E-state index is 13.1.